The first-order chi connectivity index (χ1) is 11.6. The van der Waals surface area contributed by atoms with Crippen LogP contribution < -0.4 is 5.09 Å². The first-order valence-corrected chi connectivity index (χ1v) is 10.9. The molecule has 4 heteroatoms. The van der Waals surface area contributed by atoms with Crippen molar-refractivity contribution in [1.82, 2.24) is 5.09 Å². The highest BCUT2D eigenvalue weighted by Crippen LogP contribution is 2.58. The third-order valence-corrected chi connectivity index (χ3v) is 7.61. The molecule has 24 heavy (non-hydrogen) atoms. The number of rotatable bonds is 5. The highest BCUT2D eigenvalue weighted by Gasteiger charge is 2.26. The molecule has 0 aliphatic carbocycles. The van der Waals surface area contributed by atoms with Crippen LogP contribution in [0.2, 0.25) is 0 Å². The molecule has 2 nitrogen and oxygen atoms in total. The van der Waals surface area contributed by atoms with Crippen molar-refractivity contribution in [2.45, 2.75) is 26.3 Å². The van der Waals surface area contributed by atoms with E-state index < -0.39 is 7.29 Å². The van der Waals surface area contributed by atoms with Gasteiger partial charge >= 0.3 is 0 Å². The predicted octanol–water partition coefficient (Wildman–Crippen LogP) is 6.40. The summed E-state index contributed by atoms with van der Waals surface area (Å²) in [5.74, 6) is 3.84. The number of hydrogen-bond donors (Lipinski definition) is 1. The maximum atomic E-state index is 13.5. The number of thioether (sulfide) groups is 1. The average molecular weight is 355 g/mol. The molecule has 1 heterocycles. The molecular weight excluding hydrogens is 333 g/mol. The van der Waals surface area contributed by atoms with Crippen molar-refractivity contribution in [3.63, 3.8) is 0 Å². The Hall–Kier alpha value is -1.54. The van der Waals surface area contributed by atoms with Crippen molar-refractivity contribution in [2.75, 3.05) is 0 Å². The van der Waals surface area contributed by atoms with Crippen LogP contribution in [0.15, 0.2) is 72.3 Å². The molecule has 0 fully saturated rings. The van der Waals surface area contributed by atoms with Gasteiger partial charge in [-0.2, -0.15) is 0 Å². The standard InChI is InChI=1S/C20H22NOPS/c1-3-16(2)21-23(22)14-19(17-10-6-4-7-11-17)24-20(15-23)18-12-8-5-9-13-18/h4-16H,3H2,1-2H3,(H,21,22)/t16-/m0/s1. The summed E-state index contributed by atoms with van der Waals surface area (Å²) in [7, 11) is -2.72. The van der Waals surface area contributed by atoms with Gasteiger partial charge < -0.3 is 0 Å². The van der Waals surface area contributed by atoms with Crippen molar-refractivity contribution in [1.29, 1.82) is 0 Å². The van der Waals surface area contributed by atoms with E-state index in [1.165, 1.54) is 0 Å². The van der Waals surface area contributed by atoms with Crippen LogP contribution in [0.4, 0.5) is 0 Å². The lowest BCUT2D eigenvalue weighted by Gasteiger charge is -2.24. The molecule has 0 unspecified atom stereocenters. The minimum absolute atomic E-state index is 0.209. The normalized spacial score (nSPS) is 17.8. The molecule has 124 valence electrons. The lowest BCUT2D eigenvalue weighted by Crippen LogP contribution is -2.21. The van der Waals surface area contributed by atoms with Gasteiger partial charge in [-0.05, 0) is 24.5 Å². The summed E-state index contributed by atoms with van der Waals surface area (Å²) in [5, 5.41) is 3.33. The fraction of sp³-hybridized carbons (Fsp3) is 0.200. The Labute approximate surface area is 148 Å². The number of hydrogen-bond acceptors (Lipinski definition) is 2. The SMILES string of the molecule is CC[C@H](C)NP1(=O)C=C(c2ccccc2)SC(c2ccccc2)=C1. The van der Waals surface area contributed by atoms with Gasteiger partial charge in [-0.25, -0.2) is 0 Å². The summed E-state index contributed by atoms with van der Waals surface area (Å²) in [6.45, 7) is 4.18. The van der Waals surface area contributed by atoms with Crippen molar-refractivity contribution in [3.05, 3.63) is 83.4 Å². The second-order valence-electron chi connectivity index (χ2n) is 5.97. The molecule has 0 spiro atoms. The van der Waals surface area contributed by atoms with Crippen LogP contribution in [-0.2, 0) is 4.57 Å². The fourth-order valence-electron chi connectivity index (χ4n) is 2.54. The van der Waals surface area contributed by atoms with Gasteiger partial charge in [-0.3, -0.25) is 9.65 Å². The zero-order valence-electron chi connectivity index (χ0n) is 14.0. The summed E-state index contributed by atoms with van der Waals surface area (Å²) in [4.78, 5) is 2.10. The Morgan fingerprint density at radius 2 is 1.38 bits per heavy atom. The third kappa shape index (κ3) is 4.10. The van der Waals surface area contributed by atoms with E-state index in [1.54, 1.807) is 11.8 Å². The highest BCUT2D eigenvalue weighted by atomic mass is 32.2. The van der Waals surface area contributed by atoms with Crippen LogP contribution in [-0.4, -0.2) is 6.04 Å². The van der Waals surface area contributed by atoms with Gasteiger partial charge in [0.05, 0.1) is 0 Å². The topological polar surface area (TPSA) is 29.1 Å². The van der Waals surface area contributed by atoms with E-state index in [0.717, 1.165) is 27.4 Å². The molecule has 0 saturated heterocycles. The Balaban J connectivity index is 2.03. The van der Waals surface area contributed by atoms with Gasteiger partial charge in [0, 0.05) is 27.5 Å². The zero-order valence-corrected chi connectivity index (χ0v) is 15.7. The first kappa shape index (κ1) is 17.3. The van der Waals surface area contributed by atoms with E-state index in [9.17, 15) is 4.57 Å². The zero-order chi connectivity index (χ0) is 17.0. The highest BCUT2D eigenvalue weighted by molar-refractivity contribution is 8.17. The largest absolute Gasteiger partial charge is 0.298 e. The van der Waals surface area contributed by atoms with Crippen molar-refractivity contribution >= 4 is 28.9 Å². The van der Waals surface area contributed by atoms with Gasteiger partial charge in [0.1, 0.15) is 0 Å². The van der Waals surface area contributed by atoms with E-state index in [-0.39, 0.29) is 6.04 Å². The molecule has 1 aliphatic heterocycles. The number of nitrogens with one attached hydrogen (secondary N) is 1. The van der Waals surface area contributed by atoms with E-state index in [0.29, 0.717) is 0 Å². The molecular formula is C20H22NOPS. The average Bonchev–Trinajstić information content (AvgIpc) is 2.62. The van der Waals surface area contributed by atoms with Gasteiger partial charge in [-0.1, -0.05) is 79.3 Å². The van der Waals surface area contributed by atoms with Gasteiger partial charge in [0.2, 0.25) is 0 Å². The Kier molecular flexibility index (Phi) is 5.45. The van der Waals surface area contributed by atoms with Crippen molar-refractivity contribution in [2.24, 2.45) is 0 Å². The van der Waals surface area contributed by atoms with E-state index in [1.807, 2.05) is 48.0 Å². The van der Waals surface area contributed by atoms with Crippen LogP contribution in [0.3, 0.4) is 0 Å². The quantitative estimate of drug-likeness (QED) is 0.630. The maximum Gasteiger partial charge on any atom is 0.193 e. The van der Waals surface area contributed by atoms with E-state index in [2.05, 4.69) is 43.2 Å². The number of benzene rings is 2. The minimum Gasteiger partial charge on any atom is -0.298 e. The first-order valence-electron chi connectivity index (χ1n) is 8.21. The summed E-state index contributed by atoms with van der Waals surface area (Å²) in [5.41, 5.74) is 2.21. The molecule has 1 N–H and O–H groups in total. The molecule has 3 rings (SSSR count). The maximum absolute atomic E-state index is 13.5. The molecule has 1 aliphatic rings. The summed E-state index contributed by atoms with van der Waals surface area (Å²) in [6.07, 6.45) is 0.945. The fourth-order valence-corrected chi connectivity index (χ4v) is 6.73. The van der Waals surface area contributed by atoms with E-state index >= 15 is 0 Å². The van der Waals surface area contributed by atoms with Crippen LogP contribution in [0.1, 0.15) is 31.4 Å². The van der Waals surface area contributed by atoms with Crippen LogP contribution in [0, 0.1) is 0 Å². The predicted molar refractivity (Wildman–Crippen MR) is 107 cm³/mol. The molecule has 1 atom stereocenters. The van der Waals surface area contributed by atoms with Gasteiger partial charge in [-0.15, -0.1) is 0 Å². The van der Waals surface area contributed by atoms with Crippen LogP contribution in [0.25, 0.3) is 9.81 Å². The van der Waals surface area contributed by atoms with Crippen molar-refractivity contribution < 1.29 is 4.57 Å². The molecule has 2 aromatic carbocycles. The molecule has 0 amide bonds. The lowest BCUT2D eigenvalue weighted by atomic mass is 10.2. The Morgan fingerprint density at radius 3 is 1.79 bits per heavy atom. The van der Waals surface area contributed by atoms with Gasteiger partial charge in [0.15, 0.2) is 7.29 Å². The summed E-state index contributed by atoms with van der Waals surface area (Å²) >= 11 is 1.68. The van der Waals surface area contributed by atoms with Crippen LogP contribution >= 0.6 is 19.1 Å². The minimum atomic E-state index is -2.72. The summed E-state index contributed by atoms with van der Waals surface area (Å²) in [6, 6.07) is 20.6. The second-order valence-corrected chi connectivity index (χ2v) is 9.25. The molecule has 0 bridgehead atoms. The molecule has 0 aromatic heterocycles. The Bertz CT molecular complexity index is 739. The lowest BCUT2D eigenvalue weighted by molar-refractivity contribution is 0.559. The molecule has 0 radical (unpaired) electrons. The monoisotopic (exact) mass is 355 g/mol. The Morgan fingerprint density at radius 1 is 0.917 bits per heavy atom. The van der Waals surface area contributed by atoms with Gasteiger partial charge in [0.25, 0.3) is 0 Å². The molecule has 0 saturated carbocycles. The van der Waals surface area contributed by atoms with E-state index in [4.69, 9.17) is 0 Å². The summed E-state index contributed by atoms with van der Waals surface area (Å²) < 4.78 is 13.5. The molecule has 2 aromatic rings. The van der Waals surface area contributed by atoms with Crippen LogP contribution in [0.5, 0.6) is 0 Å². The van der Waals surface area contributed by atoms with Crippen molar-refractivity contribution in [3.8, 4) is 0 Å². The third-order valence-electron chi connectivity index (χ3n) is 3.99. The smallest absolute Gasteiger partial charge is 0.193 e. The second kappa shape index (κ2) is 7.57.